The molecule has 3 aromatic rings. The highest BCUT2D eigenvalue weighted by Gasteiger charge is 2.27. The molecule has 0 N–H and O–H groups in total. The van der Waals surface area contributed by atoms with E-state index in [2.05, 4.69) is 4.98 Å². The van der Waals surface area contributed by atoms with E-state index in [-0.39, 0.29) is 52.1 Å². The van der Waals surface area contributed by atoms with Crippen LogP contribution in [0.25, 0.3) is 11.1 Å². The Hall–Kier alpha value is -2.31. The second-order valence-corrected chi connectivity index (χ2v) is 7.70. The molecule has 5 nitrogen and oxygen atoms in total. The maximum Gasteiger partial charge on any atom is 0.207 e. The van der Waals surface area contributed by atoms with Crippen LogP contribution in [-0.2, 0) is 0 Å². The van der Waals surface area contributed by atoms with Crippen LogP contribution in [-0.4, -0.2) is 29.9 Å². The standard InChI is InChI=1S/C22H22Cl2FNO4/c1-12(15-4-6-16(25)7-5-15)8-10-28-22-20(29-11-9-23)17(13(2)27)18(24)19-21(22)30-14(3)26-19/h4-7,12H,8-11H2,1-3H3. The highest BCUT2D eigenvalue weighted by Crippen LogP contribution is 2.45. The first kappa shape index (κ1) is 22.4. The zero-order valence-electron chi connectivity index (χ0n) is 16.9. The lowest BCUT2D eigenvalue weighted by Gasteiger charge is -2.18. The third-order valence-electron chi connectivity index (χ3n) is 4.71. The summed E-state index contributed by atoms with van der Waals surface area (Å²) in [5.74, 6) is 0.664. The average molecular weight is 454 g/mol. The van der Waals surface area contributed by atoms with Gasteiger partial charge in [0.25, 0.3) is 0 Å². The summed E-state index contributed by atoms with van der Waals surface area (Å²) in [7, 11) is 0. The van der Waals surface area contributed by atoms with E-state index < -0.39 is 0 Å². The molecule has 2 aromatic carbocycles. The van der Waals surface area contributed by atoms with Crippen LogP contribution in [0.15, 0.2) is 28.7 Å². The predicted octanol–water partition coefficient (Wildman–Crippen LogP) is 6.32. The van der Waals surface area contributed by atoms with E-state index in [4.69, 9.17) is 37.1 Å². The molecule has 3 rings (SSSR count). The minimum atomic E-state index is -0.281. The van der Waals surface area contributed by atoms with Crippen LogP contribution in [0.2, 0.25) is 5.02 Å². The van der Waals surface area contributed by atoms with E-state index in [1.807, 2.05) is 6.92 Å². The van der Waals surface area contributed by atoms with Gasteiger partial charge in [-0.2, -0.15) is 0 Å². The van der Waals surface area contributed by atoms with Gasteiger partial charge in [0, 0.05) is 6.92 Å². The fourth-order valence-electron chi connectivity index (χ4n) is 3.18. The van der Waals surface area contributed by atoms with Gasteiger partial charge in [-0.3, -0.25) is 4.79 Å². The molecule has 8 heteroatoms. The number of rotatable bonds is 9. The second kappa shape index (κ2) is 9.67. The van der Waals surface area contributed by atoms with E-state index >= 15 is 0 Å². The molecule has 0 amide bonds. The quantitative estimate of drug-likeness (QED) is 0.280. The summed E-state index contributed by atoms with van der Waals surface area (Å²) in [6.45, 7) is 5.58. The summed E-state index contributed by atoms with van der Waals surface area (Å²) in [4.78, 5) is 16.6. The van der Waals surface area contributed by atoms with Gasteiger partial charge in [-0.1, -0.05) is 30.7 Å². The van der Waals surface area contributed by atoms with Crippen molar-refractivity contribution in [2.45, 2.75) is 33.1 Å². The highest BCUT2D eigenvalue weighted by atomic mass is 35.5. The number of aryl methyl sites for hydroxylation is 1. The number of carbonyl (C=O) groups is 1. The van der Waals surface area contributed by atoms with Crippen LogP contribution >= 0.6 is 23.2 Å². The minimum Gasteiger partial charge on any atom is -0.487 e. The molecule has 1 aromatic heterocycles. The molecule has 0 aliphatic heterocycles. The molecule has 0 bridgehead atoms. The van der Waals surface area contributed by atoms with Gasteiger partial charge in [-0.15, -0.1) is 11.6 Å². The molecule has 0 fully saturated rings. The first-order chi connectivity index (χ1) is 14.3. The first-order valence-corrected chi connectivity index (χ1v) is 10.4. The Morgan fingerprint density at radius 2 is 1.87 bits per heavy atom. The Morgan fingerprint density at radius 3 is 2.50 bits per heavy atom. The number of halogens is 3. The van der Waals surface area contributed by atoms with Crippen molar-refractivity contribution in [3.8, 4) is 11.5 Å². The van der Waals surface area contributed by atoms with Gasteiger partial charge in [0.15, 0.2) is 17.4 Å². The molecular formula is C22H22Cl2FNO4. The lowest BCUT2D eigenvalue weighted by Crippen LogP contribution is -2.10. The summed E-state index contributed by atoms with van der Waals surface area (Å²) >= 11 is 12.2. The second-order valence-electron chi connectivity index (χ2n) is 6.94. The lowest BCUT2D eigenvalue weighted by atomic mass is 9.98. The minimum absolute atomic E-state index is 0.129. The summed E-state index contributed by atoms with van der Waals surface area (Å²) in [6.07, 6.45) is 0.646. The zero-order valence-corrected chi connectivity index (χ0v) is 18.4. The first-order valence-electron chi connectivity index (χ1n) is 9.54. The van der Waals surface area contributed by atoms with Gasteiger partial charge < -0.3 is 13.9 Å². The van der Waals surface area contributed by atoms with E-state index in [0.29, 0.717) is 30.0 Å². The summed E-state index contributed by atoms with van der Waals surface area (Å²) in [5.41, 5.74) is 1.85. The number of oxazole rings is 1. The van der Waals surface area contributed by atoms with Crippen molar-refractivity contribution in [3.63, 3.8) is 0 Å². The number of carbonyl (C=O) groups excluding carboxylic acids is 1. The number of ether oxygens (including phenoxy) is 2. The van der Waals surface area contributed by atoms with Gasteiger partial charge in [0.05, 0.1) is 23.1 Å². The number of fused-ring (bicyclic) bond motifs is 1. The number of hydrogen-bond acceptors (Lipinski definition) is 5. The van der Waals surface area contributed by atoms with Crippen molar-refractivity contribution >= 4 is 40.1 Å². The van der Waals surface area contributed by atoms with Crippen molar-refractivity contribution in [2.24, 2.45) is 0 Å². The molecule has 0 aliphatic carbocycles. The fraction of sp³-hybridized carbons (Fsp3) is 0.364. The number of benzene rings is 2. The van der Waals surface area contributed by atoms with Crippen LogP contribution in [0.4, 0.5) is 4.39 Å². The van der Waals surface area contributed by atoms with Gasteiger partial charge >= 0.3 is 0 Å². The zero-order chi connectivity index (χ0) is 21.8. The van der Waals surface area contributed by atoms with Crippen LogP contribution in [0.1, 0.15) is 48.0 Å². The summed E-state index contributed by atoms with van der Waals surface area (Å²) < 4.78 is 30.6. The number of aromatic nitrogens is 1. The summed E-state index contributed by atoms with van der Waals surface area (Å²) in [5, 5.41) is 0.158. The molecule has 1 unspecified atom stereocenters. The van der Waals surface area contributed by atoms with E-state index in [1.54, 1.807) is 19.1 Å². The highest BCUT2D eigenvalue weighted by molar-refractivity contribution is 6.39. The maximum atomic E-state index is 13.2. The Kier molecular flexibility index (Phi) is 7.21. The molecule has 0 saturated heterocycles. The van der Waals surface area contributed by atoms with Crippen LogP contribution < -0.4 is 9.47 Å². The maximum absolute atomic E-state index is 13.2. The van der Waals surface area contributed by atoms with Crippen molar-refractivity contribution in [1.82, 2.24) is 4.98 Å². The van der Waals surface area contributed by atoms with Gasteiger partial charge in [-0.05, 0) is 37.0 Å². The average Bonchev–Trinajstić information content (AvgIpc) is 3.10. The summed E-state index contributed by atoms with van der Waals surface area (Å²) in [6, 6.07) is 6.38. The van der Waals surface area contributed by atoms with Gasteiger partial charge in [0.2, 0.25) is 11.3 Å². The number of ketones is 1. The van der Waals surface area contributed by atoms with E-state index in [1.165, 1.54) is 19.1 Å². The van der Waals surface area contributed by atoms with Crippen molar-refractivity contribution < 1.29 is 23.1 Å². The van der Waals surface area contributed by atoms with Gasteiger partial charge in [0.1, 0.15) is 17.9 Å². The molecule has 0 aliphatic rings. The normalized spacial score (nSPS) is 12.2. The number of Topliss-reactive ketones (excluding diaryl/α,β-unsaturated/α-hetero) is 1. The third-order valence-corrected chi connectivity index (χ3v) is 5.24. The van der Waals surface area contributed by atoms with Gasteiger partial charge in [-0.25, -0.2) is 9.37 Å². The molecule has 0 radical (unpaired) electrons. The third kappa shape index (κ3) is 4.71. The number of hydrogen-bond donors (Lipinski definition) is 0. The topological polar surface area (TPSA) is 61.6 Å². The Bertz CT molecular complexity index is 1050. The molecule has 0 spiro atoms. The fourth-order valence-corrected chi connectivity index (χ4v) is 3.61. The van der Waals surface area contributed by atoms with Crippen molar-refractivity contribution in [2.75, 3.05) is 19.1 Å². The molecule has 30 heavy (non-hydrogen) atoms. The molecular weight excluding hydrogens is 432 g/mol. The monoisotopic (exact) mass is 453 g/mol. The van der Waals surface area contributed by atoms with E-state index in [0.717, 1.165) is 5.56 Å². The van der Waals surface area contributed by atoms with E-state index in [9.17, 15) is 9.18 Å². The number of nitrogens with zero attached hydrogens (tertiary/aromatic N) is 1. The Morgan fingerprint density at radius 1 is 1.20 bits per heavy atom. The Labute approximate surface area is 184 Å². The largest absolute Gasteiger partial charge is 0.487 e. The lowest BCUT2D eigenvalue weighted by molar-refractivity contribution is 0.101. The predicted molar refractivity (Wildman–Crippen MR) is 115 cm³/mol. The van der Waals surface area contributed by atoms with Crippen molar-refractivity contribution in [1.29, 1.82) is 0 Å². The Balaban J connectivity index is 1.93. The van der Waals surface area contributed by atoms with Crippen LogP contribution in [0, 0.1) is 12.7 Å². The molecule has 1 atom stereocenters. The van der Waals surface area contributed by atoms with Crippen molar-refractivity contribution in [3.05, 3.63) is 52.1 Å². The number of alkyl halides is 1. The smallest absolute Gasteiger partial charge is 0.207 e. The molecule has 1 heterocycles. The SMILES string of the molecule is CC(=O)c1c(OCCCl)c(OCCC(C)c2ccc(F)cc2)c2oc(C)nc2c1Cl. The van der Waals surface area contributed by atoms with Crippen LogP contribution in [0.3, 0.4) is 0 Å². The molecule has 0 saturated carbocycles. The molecule has 160 valence electrons. The van der Waals surface area contributed by atoms with Crippen LogP contribution in [0.5, 0.6) is 11.5 Å².